The number of carbonyl (C=O) groups excluding carboxylic acids is 3. The fraction of sp³-hybridized carbons (Fsp3) is 0.833. The Bertz CT molecular complexity index is 439. The van der Waals surface area contributed by atoms with Gasteiger partial charge in [-0.15, -0.1) is 0 Å². The predicted molar refractivity (Wildman–Crippen MR) is 106 cm³/mol. The van der Waals surface area contributed by atoms with Gasteiger partial charge < -0.3 is 18.9 Å². The minimum Gasteiger partial charge on any atom is -0.466 e. The lowest BCUT2D eigenvalue weighted by Gasteiger charge is -2.10. The van der Waals surface area contributed by atoms with Gasteiger partial charge in [-0.05, 0) is 25.7 Å². The zero-order chi connectivity index (χ0) is 19.7. The standard InChI is InChI=1S/C18H30O7S2/c19-16(5-11-26)23-8-1-2-9-24-17(20)6-12-27-13-7-18(21)25-14-15-4-3-10-22-15/h15,26H,1-14H2. The fourth-order valence-electron chi connectivity index (χ4n) is 2.26. The molecule has 0 spiro atoms. The molecule has 1 heterocycles. The highest BCUT2D eigenvalue weighted by Gasteiger charge is 2.17. The molecule has 1 aliphatic rings. The number of thioether (sulfide) groups is 1. The summed E-state index contributed by atoms with van der Waals surface area (Å²) in [6.07, 6.45) is 4.30. The van der Waals surface area contributed by atoms with Crippen LogP contribution in [0.5, 0.6) is 0 Å². The van der Waals surface area contributed by atoms with E-state index in [1.807, 2.05) is 0 Å². The molecule has 0 saturated carbocycles. The second-order valence-electron chi connectivity index (χ2n) is 6.05. The van der Waals surface area contributed by atoms with E-state index in [4.69, 9.17) is 18.9 Å². The number of hydrogen-bond acceptors (Lipinski definition) is 9. The van der Waals surface area contributed by atoms with Gasteiger partial charge in [0.1, 0.15) is 6.61 Å². The van der Waals surface area contributed by atoms with Crippen molar-refractivity contribution in [2.75, 3.05) is 43.7 Å². The molecule has 0 aliphatic carbocycles. The number of unbranched alkanes of at least 4 members (excludes halogenated alkanes) is 1. The van der Waals surface area contributed by atoms with Crippen LogP contribution in [0.1, 0.15) is 44.9 Å². The quantitative estimate of drug-likeness (QED) is 0.186. The smallest absolute Gasteiger partial charge is 0.306 e. The molecule has 1 unspecified atom stereocenters. The molecule has 156 valence electrons. The first-order chi connectivity index (χ1) is 13.1. The Labute approximate surface area is 170 Å². The van der Waals surface area contributed by atoms with Gasteiger partial charge in [0.15, 0.2) is 0 Å². The normalized spacial score (nSPS) is 16.1. The second kappa shape index (κ2) is 16.1. The van der Waals surface area contributed by atoms with E-state index < -0.39 is 0 Å². The molecule has 7 nitrogen and oxygen atoms in total. The Morgan fingerprint density at radius 1 is 0.926 bits per heavy atom. The van der Waals surface area contributed by atoms with Crippen LogP contribution in [0.3, 0.4) is 0 Å². The molecule has 27 heavy (non-hydrogen) atoms. The summed E-state index contributed by atoms with van der Waals surface area (Å²) >= 11 is 5.48. The van der Waals surface area contributed by atoms with Crippen molar-refractivity contribution in [1.29, 1.82) is 0 Å². The van der Waals surface area contributed by atoms with Gasteiger partial charge in [0.05, 0.1) is 38.6 Å². The van der Waals surface area contributed by atoms with Crippen LogP contribution in [0.2, 0.25) is 0 Å². The average molecular weight is 423 g/mol. The molecule has 0 aromatic heterocycles. The van der Waals surface area contributed by atoms with Gasteiger partial charge in [-0.3, -0.25) is 14.4 Å². The monoisotopic (exact) mass is 422 g/mol. The Morgan fingerprint density at radius 2 is 1.52 bits per heavy atom. The zero-order valence-corrected chi connectivity index (χ0v) is 17.4. The molecule has 9 heteroatoms. The van der Waals surface area contributed by atoms with Gasteiger partial charge in [-0.25, -0.2) is 0 Å². The highest BCUT2D eigenvalue weighted by atomic mass is 32.2. The number of carbonyl (C=O) groups is 3. The Hall–Kier alpha value is -0.930. The topological polar surface area (TPSA) is 88.1 Å². The van der Waals surface area contributed by atoms with E-state index in [0.29, 0.717) is 69.2 Å². The fourth-order valence-corrected chi connectivity index (χ4v) is 3.27. The van der Waals surface area contributed by atoms with E-state index in [9.17, 15) is 14.4 Å². The third kappa shape index (κ3) is 13.8. The third-order valence-corrected chi connectivity index (χ3v) is 4.95. The van der Waals surface area contributed by atoms with E-state index in [2.05, 4.69) is 12.6 Å². The lowest BCUT2D eigenvalue weighted by molar-refractivity contribution is -0.146. The van der Waals surface area contributed by atoms with Gasteiger partial charge in [-0.1, -0.05) is 0 Å². The Kier molecular flexibility index (Phi) is 14.3. The van der Waals surface area contributed by atoms with Crippen molar-refractivity contribution >= 4 is 42.3 Å². The van der Waals surface area contributed by atoms with E-state index >= 15 is 0 Å². The first kappa shape index (κ1) is 24.1. The number of ether oxygens (including phenoxy) is 4. The molecule has 1 aliphatic heterocycles. The van der Waals surface area contributed by atoms with Crippen molar-refractivity contribution in [3.8, 4) is 0 Å². The lowest BCUT2D eigenvalue weighted by atomic mass is 10.2. The molecule has 0 amide bonds. The van der Waals surface area contributed by atoms with Crippen molar-refractivity contribution in [3.05, 3.63) is 0 Å². The SMILES string of the molecule is O=C(CCS)OCCCCOC(=O)CCSCCC(=O)OCC1CCCO1. The molecular weight excluding hydrogens is 392 g/mol. The van der Waals surface area contributed by atoms with E-state index in [1.54, 1.807) is 0 Å². The summed E-state index contributed by atoms with van der Waals surface area (Å²) in [4.78, 5) is 34.3. The van der Waals surface area contributed by atoms with Crippen molar-refractivity contribution in [1.82, 2.24) is 0 Å². The molecule has 0 radical (unpaired) electrons. The largest absolute Gasteiger partial charge is 0.466 e. The molecule has 1 rings (SSSR count). The highest BCUT2D eigenvalue weighted by Crippen LogP contribution is 2.13. The van der Waals surface area contributed by atoms with E-state index in [0.717, 1.165) is 19.4 Å². The van der Waals surface area contributed by atoms with E-state index in [1.165, 1.54) is 11.8 Å². The van der Waals surface area contributed by atoms with Crippen LogP contribution >= 0.6 is 24.4 Å². The zero-order valence-electron chi connectivity index (χ0n) is 15.7. The number of thiol groups is 1. The Morgan fingerprint density at radius 3 is 2.07 bits per heavy atom. The van der Waals surface area contributed by atoms with Gasteiger partial charge in [0.2, 0.25) is 0 Å². The van der Waals surface area contributed by atoms with Crippen molar-refractivity contribution in [2.24, 2.45) is 0 Å². The molecular formula is C18H30O7S2. The van der Waals surface area contributed by atoms with E-state index in [-0.39, 0.29) is 24.0 Å². The van der Waals surface area contributed by atoms with Crippen molar-refractivity contribution < 1.29 is 33.3 Å². The summed E-state index contributed by atoms with van der Waals surface area (Å²) in [5.41, 5.74) is 0. The highest BCUT2D eigenvalue weighted by molar-refractivity contribution is 7.99. The van der Waals surface area contributed by atoms with Crippen LogP contribution in [-0.4, -0.2) is 67.7 Å². The van der Waals surface area contributed by atoms with Crippen molar-refractivity contribution in [2.45, 2.75) is 51.0 Å². The molecule has 1 fully saturated rings. The van der Waals surface area contributed by atoms with Crippen LogP contribution in [0.25, 0.3) is 0 Å². The average Bonchev–Trinajstić information content (AvgIpc) is 3.16. The molecule has 0 N–H and O–H groups in total. The summed E-state index contributed by atoms with van der Waals surface area (Å²) in [5, 5.41) is 0. The number of esters is 3. The minimum atomic E-state index is -0.255. The molecule has 1 atom stereocenters. The summed E-state index contributed by atoms with van der Waals surface area (Å²) in [7, 11) is 0. The molecule has 1 saturated heterocycles. The van der Waals surface area contributed by atoms with Crippen LogP contribution in [0.4, 0.5) is 0 Å². The van der Waals surface area contributed by atoms with Crippen LogP contribution < -0.4 is 0 Å². The summed E-state index contributed by atoms with van der Waals surface area (Å²) in [5.74, 6) is 0.973. The van der Waals surface area contributed by atoms with Gasteiger partial charge in [0, 0.05) is 23.9 Å². The molecule has 0 aromatic rings. The first-order valence-electron chi connectivity index (χ1n) is 9.39. The first-order valence-corrected chi connectivity index (χ1v) is 11.2. The maximum atomic E-state index is 11.6. The third-order valence-electron chi connectivity index (χ3n) is 3.74. The van der Waals surface area contributed by atoms with Gasteiger partial charge in [0.25, 0.3) is 0 Å². The molecule has 0 bridgehead atoms. The lowest BCUT2D eigenvalue weighted by Crippen LogP contribution is -2.18. The summed E-state index contributed by atoms with van der Waals surface area (Å²) in [6.45, 7) is 1.74. The predicted octanol–water partition coefficient (Wildman–Crippen LogP) is 2.41. The number of rotatable bonds is 15. The van der Waals surface area contributed by atoms with Crippen LogP contribution in [0.15, 0.2) is 0 Å². The summed E-state index contributed by atoms with van der Waals surface area (Å²) in [6, 6.07) is 0. The Balaban J connectivity index is 1.85. The number of hydrogen-bond donors (Lipinski definition) is 1. The van der Waals surface area contributed by atoms with Gasteiger partial charge >= 0.3 is 17.9 Å². The van der Waals surface area contributed by atoms with Crippen molar-refractivity contribution in [3.63, 3.8) is 0 Å². The maximum absolute atomic E-state index is 11.6. The minimum absolute atomic E-state index is 0.0523. The van der Waals surface area contributed by atoms with Crippen LogP contribution in [0, 0.1) is 0 Å². The molecule has 0 aromatic carbocycles. The maximum Gasteiger partial charge on any atom is 0.306 e. The second-order valence-corrected chi connectivity index (χ2v) is 7.72. The van der Waals surface area contributed by atoms with Crippen LogP contribution in [-0.2, 0) is 33.3 Å². The summed E-state index contributed by atoms with van der Waals surface area (Å²) < 4.78 is 20.6. The van der Waals surface area contributed by atoms with Gasteiger partial charge in [-0.2, -0.15) is 24.4 Å².